The topological polar surface area (TPSA) is 55.9 Å². The van der Waals surface area contributed by atoms with Crippen molar-refractivity contribution in [3.05, 3.63) is 233 Å². The zero-order chi connectivity index (χ0) is 49.9. The van der Waals surface area contributed by atoms with Gasteiger partial charge in [-0.15, -0.1) is 23.8 Å². The Bertz CT molecular complexity index is 3880. The first-order valence-electron chi connectivity index (χ1n) is 25.2. The fourth-order valence-corrected chi connectivity index (χ4v) is 11.4. The molecular formula is C67H59N4OPd-. The number of phenols is 1. The molecule has 0 bridgehead atoms. The van der Waals surface area contributed by atoms with Crippen LogP contribution < -0.4 is 0 Å². The minimum Gasteiger partial charge on any atom is -0.507 e. The average Bonchev–Trinajstić information content (AvgIpc) is 3.93. The zero-order valence-corrected chi connectivity index (χ0v) is 44.5. The van der Waals surface area contributed by atoms with E-state index in [1.807, 2.05) is 12.3 Å². The molecule has 0 atom stereocenters. The summed E-state index contributed by atoms with van der Waals surface area (Å²) in [7, 11) is 0. The summed E-state index contributed by atoms with van der Waals surface area (Å²) in [5.74, 6) is 0.919. The second kappa shape index (κ2) is 17.4. The van der Waals surface area contributed by atoms with Crippen LogP contribution in [-0.4, -0.2) is 24.2 Å². The fraction of sp³-hybridized carbons (Fsp3) is 0.194. The molecule has 0 saturated heterocycles. The Balaban J connectivity index is 0.00000574. The minimum absolute atomic E-state index is 0. The molecule has 5 nitrogen and oxygen atoms in total. The van der Waals surface area contributed by atoms with Crippen LogP contribution in [0.4, 0.5) is 0 Å². The fourth-order valence-electron chi connectivity index (χ4n) is 11.4. The van der Waals surface area contributed by atoms with Gasteiger partial charge >= 0.3 is 0 Å². The number of para-hydroxylation sites is 2. The van der Waals surface area contributed by atoms with Gasteiger partial charge in [-0.25, -0.2) is 9.97 Å². The summed E-state index contributed by atoms with van der Waals surface area (Å²) in [5, 5.41) is 15.0. The third-order valence-corrected chi connectivity index (χ3v) is 15.1. The molecular weight excluding hydrogens is 983 g/mol. The third-order valence-electron chi connectivity index (χ3n) is 15.1. The van der Waals surface area contributed by atoms with E-state index in [4.69, 9.17) is 9.97 Å². The molecule has 0 radical (unpaired) electrons. The van der Waals surface area contributed by atoms with E-state index >= 15 is 0 Å². The maximum Gasteiger partial charge on any atom is 0.148 e. The van der Waals surface area contributed by atoms with E-state index in [1.54, 1.807) is 0 Å². The van der Waals surface area contributed by atoms with Crippen molar-refractivity contribution < 1.29 is 25.5 Å². The van der Waals surface area contributed by atoms with Crippen LogP contribution in [0, 0.1) is 6.07 Å². The first kappa shape index (κ1) is 47.9. The van der Waals surface area contributed by atoms with Crippen LogP contribution in [0.1, 0.15) is 101 Å². The molecule has 1 N–H and O–H groups in total. The van der Waals surface area contributed by atoms with E-state index in [9.17, 15) is 5.11 Å². The largest absolute Gasteiger partial charge is 0.507 e. The molecule has 0 amide bonds. The Hall–Kier alpha value is -7.36. The Morgan fingerprint density at radius 2 is 1.15 bits per heavy atom. The number of fused-ring (bicyclic) bond motifs is 6. The van der Waals surface area contributed by atoms with Crippen molar-refractivity contribution in [3.8, 4) is 50.8 Å². The number of pyridine rings is 1. The van der Waals surface area contributed by atoms with Crippen LogP contribution in [0.15, 0.2) is 188 Å². The van der Waals surface area contributed by atoms with Crippen molar-refractivity contribution in [1.82, 2.24) is 19.1 Å². The molecule has 0 fully saturated rings. The van der Waals surface area contributed by atoms with Gasteiger partial charge in [-0.05, 0) is 91.7 Å². The van der Waals surface area contributed by atoms with E-state index in [0.29, 0.717) is 11.4 Å². The monoisotopic (exact) mass is 1040 g/mol. The maximum atomic E-state index is 12.7. The number of aromatic nitrogens is 4. The Morgan fingerprint density at radius 3 is 1.81 bits per heavy atom. The molecule has 0 aliphatic carbocycles. The second-order valence-corrected chi connectivity index (χ2v) is 22.7. The summed E-state index contributed by atoms with van der Waals surface area (Å²) in [5.41, 5.74) is 17.0. The van der Waals surface area contributed by atoms with Gasteiger partial charge in [0.1, 0.15) is 17.2 Å². The number of hydrogen-bond donors (Lipinski definition) is 1. The van der Waals surface area contributed by atoms with Crippen LogP contribution in [-0.2, 0) is 42.1 Å². The Morgan fingerprint density at radius 1 is 0.521 bits per heavy atom. The Labute approximate surface area is 442 Å². The predicted molar refractivity (Wildman–Crippen MR) is 298 cm³/mol. The number of rotatable bonds is 6. The van der Waals surface area contributed by atoms with Crippen LogP contribution in [0.5, 0.6) is 5.75 Å². The first-order valence-corrected chi connectivity index (χ1v) is 25.2. The van der Waals surface area contributed by atoms with Crippen molar-refractivity contribution >= 4 is 33.0 Å². The van der Waals surface area contributed by atoms with Crippen molar-refractivity contribution in [1.29, 1.82) is 0 Å². The zero-order valence-electron chi connectivity index (χ0n) is 43.0. The van der Waals surface area contributed by atoms with E-state index in [0.717, 1.165) is 83.3 Å². The van der Waals surface area contributed by atoms with Gasteiger partial charge in [-0.2, -0.15) is 0 Å². The molecule has 0 spiro atoms. The minimum atomic E-state index is -0.676. The van der Waals surface area contributed by atoms with E-state index in [2.05, 4.69) is 253 Å². The molecule has 73 heavy (non-hydrogen) atoms. The molecule has 1 aliphatic rings. The van der Waals surface area contributed by atoms with Crippen LogP contribution in [0.25, 0.3) is 78.0 Å². The smallest absolute Gasteiger partial charge is 0.148 e. The van der Waals surface area contributed by atoms with Gasteiger partial charge in [0.25, 0.3) is 0 Å². The van der Waals surface area contributed by atoms with Gasteiger partial charge < -0.3 is 9.67 Å². The number of hydrogen-bond acceptors (Lipinski definition) is 3. The molecule has 6 heteroatoms. The first-order chi connectivity index (χ1) is 34.5. The average molecular weight is 1040 g/mol. The summed E-state index contributed by atoms with van der Waals surface area (Å²) in [6.07, 6.45) is 1.89. The van der Waals surface area contributed by atoms with Crippen LogP contribution in [0.3, 0.4) is 0 Å². The van der Waals surface area contributed by atoms with Crippen molar-refractivity contribution in [2.75, 3.05) is 0 Å². The quantitative estimate of drug-likeness (QED) is 0.133. The van der Waals surface area contributed by atoms with E-state index in [1.165, 1.54) is 22.3 Å². The number of benzene rings is 8. The summed E-state index contributed by atoms with van der Waals surface area (Å²) in [6, 6.07) is 69.8. The van der Waals surface area contributed by atoms with Crippen molar-refractivity contribution in [3.63, 3.8) is 0 Å². The summed E-state index contributed by atoms with van der Waals surface area (Å²) in [4.78, 5) is 10.9. The predicted octanol–water partition coefficient (Wildman–Crippen LogP) is 16.6. The van der Waals surface area contributed by atoms with E-state index < -0.39 is 5.41 Å². The van der Waals surface area contributed by atoms with Crippen molar-refractivity contribution in [2.24, 2.45) is 0 Å². The van der Waals surface area contributed by atoms with Crippen LogP contribution in [0.2, 0.25) is 0 Å². The van der Waals surface area contributed by atoms with Gasteiger partial charge in [0.2, 0.25) is 0 Å². The number of aromatic hydroxyl groups is 1. The molecule has 4 heterocycles. The van der Waals surface area contributed by atoms with Crippen LogP contribution >= 0.6 is 0 Å². The standard InChI is InChI=1S/C67H59N4O.Pd/c1-64(2,3)46-34-36-56(51(39-46)42-22-13-10-14-23-42)70-57-32-20-28-48(59(57)69-63(70)52-40-47(65(4,5)6)41-55(61(52)72)66(7,8)9)43-33-35-53-58(38-43)71-60-49(50-30-21-37-68-62(50)71)29-19-31-54(60)67(53,44-24-15-11-16-25-44)45-26-17-12-18-27-45;/h10-37,39-41,72H,1-9H3;/q-1;. The van der Waals surface area contributed by atoms with E-state index in [-0.39, 0.29) is 42.4 Å². The number of nitrogens with zero attached hydrogens (tertiary/aromatic N) is 4. The summed E-state index contributed by atoms with van der Waals surface area (Å²) >= 11 is 0. The second-order valence-electron chi connectivity index (χ2n) is 22.7. The van der Waals surface area contributed by atoms with Crippen molar-refractivity contribution in [2.45, 2.75) is 84.0 Å². The normalized spacial score (nSPS) is 13.3. The van der Waals surface area contributed by atoms with Gasteiger partial charge in [-0.3, -0.25) is 4.57 Å². The summed E-state index contributed by atoms with van der Waals surface area (Å²) in [6.45, 7) is 20.0. The van der Waals surface area contributed by atoms with Gasteiger partial charge in [0.15, 0.2) is 0 Å². The maximum absolute atomic E-state index is 12.7. The molecule has 1 aliphatic heterocycles. The van der Waals surface area contributed by atoms with Gasteiger partial charge in [0, 0.05) is 53.9 Å². The SMILES string of the molecule is CC(C)(C)c1ccc(-n2c(-c3cc(C(C)(C)C)cc(C(C)(C)C)c3O)nc3c(-c4[c-]c5c(cc4)C(c4ccccc4)(c4ccccc4)c4cccc6c7cccnc7n-5c46)cccc32)c(-c2ccccc2)c1.[Pd]. The molecule has 8 aromatic carbocycles. The van der Waals surface area contributed by atoms with Gasteiger partial charge in [0.05, 0.1) is 27.8 Å². The third kappa shape index (κ3) is 7.52. The molecule has 3 aromatic heterocycles. The summed E-state index contributed by atoms with van der Waals surface area (Å²) < 4.78 is 4.64. The number of phenolic OH excluding ortho intramolecular Hbond substituents is 1. The Kier molecular flexibility index (Phi) is 11.4. The molecule has 12 rings (SSSR count). The molecule has 364 valence electrons. The number of imidazole rings is 1. The molecule has 0 saturated carbocycles. The molecule has 0 unspecified atom stereocenters. The van der Waals surface area contributed by atoms with Gasteiger partial charge in [-0.1, -0.05) is 207 Å². The molecule has 11 aromatic rings.